The summed E-state index contributed by atoms with van der Waals surface area (Å²) in [5, 5.41) is 8.95. The lowest BCUT2D eigenvalue weighted by Crippen LogP contribution is -2.37. The minimum Gasteiger partial charge on any atom is -0.496 e. The quantitative estimate of drug-likeness (QED) is 0.701. The van der Waals surface area contributed by atoms with Gasteiger partial charge in [-0.1, -0.05) is 30.3 Å². The third kappa shape index (κ3) is 5.57. The highest BCUT2D eigenvalue weighted by atomic mass is 32.2. The molecule has 0 saturated heterocycles. The largest absolute Gasteiger partial charge is 0.496 e. The Kier molecular flexibility index (Phi) is 6.76. The standard InChI is InChI=1S/C19H23NO5S/c1-14-12-17(9-10-18(14)25-2)26(23,24)20-16(8-11-19(21)22)13-15-6-4-3-5-7-15/h3-7,9-10,12,16,20H,8,11,13H2,1-2H3,(H,21,22). The number of hydrogen-bond acceptors (Lipinski definition) is 4. The Balaban J connectivity index is 2.21. The molecule has 0 bridgehead atoms. The SMILES string of the molecule is COc1ccc(S(=O)(=O)NC(CCC(=O)O)Cc2ccccc2)cc1C. The van der Waals surface area contributed by atoms with E-state index in [1.54, 1.807) is 13.0 Å². The third-order valence-corrected chi connectivity index (χ3v) is 5.55. The minimum atomic E-state index is -3.77. The normalized spacial score (nSPS) is 12.5. The average molecular weight is 377 g/mol. The number of rotatable bonds is 9. The molecule has 0 aliphatic heterocycles. The lowest BCUT2D eigenvalue weighted by molar-refractivity contribution is -0.137. The van der Waals surface area contributed by atoms with Crippen molar-refractivity contribution in [2.75, 3.05) is 7.11 Å². The van der Waals surface area contributed by atoms with Gasteiger partial charge in [-0.2, -0.15) is 0 Å². The summed E-state index contributed by atoms with van der Waals surface area (Å²) in [6.45, 7) is 1.77. The van der Waals surface area contributed by atoms with Crippen LogP contribution in [0.3, 0.4) is 0 Å². The molecule has 0 fully saturated rings. The highest BCUT2D eigenvalue weighted by molar-refractivity contribution is 7.89. The van der Waals surface area contributed by atoms with Crippen LogP contribution in [0.2, 0.25) is 0 Å². The van der Waals surface area contributed by atoms with Gasteiger partial charge in [-0.15, -0.1) is 0 Å². The van der Waals surface area contributed by atoms with E-state index in [0.717, 1.165) is 5.56 Å². The highest BCUT2D eigenvalue weighted by Crippen LogP contribution is 2.22. The molecular formula is C19H23NO5S. The van der Waals surface area contributed by atoms with Crippen LogP contribution in [-0.4, -0.2) is 32.6 Å². The predicted octanol–water partition coefficient (Wildman–Crippen LogP) is 2.76. The molecular weight excluding hydrogens is 354 g/mol. The van der Waals surface area contributed by atoms with E-state index in [2.05, 4.69) is 4.72 Å². The van der Waals surface area contributed by atoms with Gasteiger partial charge < -0.3 is 9.84 Å². The van der Waals surface area contributed by atoms with E-state index in [9.17, 15) is 13.2 Å². The Morgan fingerprint density at radius 2 is 1.88 bits per heavy atom. The van der Waals surface area contributed by atoms with Crippen LogP contribution in [0.5, 0.6) is 5.75 Å². The summed E-state index contributed by atoms with van der Waals surface area (Å²) in [5.74, 6) is -0.349. The monoisotopic (exact) mass is 377 g/mol. The number of benzene rings is 2. The smallest absolute Gasteiger partial charge is 0.303 e. The number of ether oxygens (including phenoxy) is 1. The summed E-state index contributed by atoms with van der Waals surface area (Å²) in [6, 6.07) is 13.5. The topological polar surface area (TPSA) is 92.7 Å². The Hall–Kier alpha value is -2.38. The molecule has 26 heavy (non-hydrogen) atoms. The van der Waals surface area contributed by atoms with Crippen molar-refractivity contribution in [1.29, 1.82) is 0 Å². The van der Waals surface area contributed by atoms with Crippen LogP contribution in [0.15, 0.2) is 53.4 Å². The number of hydrogen-bond donors (Lipinski definition) is 2. The van der Waals surface area contributed by atoms with Crippen molar-refractivity contribution in [2.24, 2.45) is 0 Å². The lowest BCUT2D eigenvalue weighted by atomic mass is 10.0. The van der Waals surface area contributed by atoms with Crippen LogP contribution in [-0.2, 0) is 21.2 Å². The zero-order valence-electron chi connectivity index (χ0n) is 14.8. The molecule has 0 amide bonds. The van der Waals surface area contributed by atoms with E-state index in [1.807, 2.05) is 30.3 Å². The number of aryl methyl sites for hydroxylation is 1. The number of aliphatic carboxylic acids is 1. The summed E-state index contributed by atoms with van der Waals surface area (Å²) >= 11 is 0. The first kappa shape index (κ1) is 19.9. The Labute approximate surface area is 153 Å². The van der Waals surface area contributed by atoms with Crippen LogP contribution in [0.1, 0.15) is 24.0 Å². The molecule has 0 heterocycles. The number of carboxylic acids is 1. The van der Waals surface area contributed by atoms with Crippen LogP contribution in [0.4, 0.5) is 0 Å². The van der Waals surface area contributed by atoms with Crippen LogP contribution in [0.25, 0.3) is 0 Å². The van der Waals surface area contributed by atoms with Gasteiger partial charge in [-0.05, 0) is 49.1 Å². The van der Waals surface area contributed by atoms with Crippen LogP contribution < -0.4 is 9.46 Å². The Morgan fingerprint density at radius 1 is 1.19 bits per heavy atom. The van der Waals surface area contributed by atoms with E-state index >= 15 is 0 Å². The molecule has 2 N–H and O–H groups in total. The third-order valence-electron chi connectivity index (χ3n) is 4.03. The molecule has 1 unspecified atom stereocenters. The zero-order valence-corrected chi connectivity index (χ0v) is 15.6. The molecule has 140 valence electrons. The second-order valence-electron chi connectivity index (χ2n) is 6.07. The molecule has 0 spiro atoms. The van der Waals surface area contributed by atoms with Gasteiger partial charge in [0.05, 0.1) is 12.0 Å². The summed E-state index contributed by atoms with van der Waals surface area (Å²) in [5.41, 5.74) is 1.65. The number of nitrogens with one attached hydrogen (secondary N) is 1. The van der Waals surface area contributed by atoms with E-state index < -0.39 is 22.0 Å². The maximum atomic E-state index is 12.7. The number of carboxylic acid groups (broad SMARTS) is 1. The summed E-state index contributed by atoms with van der Waals surface area (Å²) in [7, 11) is -2.25. The van der Waals surface area contributed by atoms with Gasteiger partial charge in [-0.25, -0.2) is 13.1 Å². The van der Waals surface area contributed by atoms with Crippen molar-refractivity contribution < 1.29 is 23.1 Å². The Morgan fingerprint density at radius 3 is 2.46 bits per heavy atom. The molecule has 0 aliphatic rings. The first-order valence-corrected chi connectivity index (χ1v) is 9.73. The fourth-order valence-corrected chi connectivity index (χ4v) is 4.06. The van der Waals surface area contributed by atoms with Crippen LogP contribution in [0, 0.1) is 6.92 Å². The van der Waals surface area contributed by atoms with Crippen molar-refractivity contribution >= 4 is 16.0 Å². The Bertz CT molecular complexity index is 849. The van der Waals surface area contributed by atoms with Gasteiger partial charge in [-0.3, -0.25) is 4.79 Å². The fourth-order valence-electron chi connectivity index (χ4n) is 2.70. The van der Waals surface area contributed by atoms with E-state index in [1.165, 1.54) is 19.2 Å². The summed E-state index contributed by atoms with van der Waals surface area (Å²) in [4.78, 5) is 11.0. The lowest BCUT2D eigenvalue weighted by Gasteiger charge is -2.19. The van der Waals surface area contributed by atoms with Crippen molar-refractivity contribution in [3.63, 3.8) is 0 Å². The van der Waals surface area contributed by atoms with Gasteiger partial charge in [0.2, 0.25) is 10.0 Å². The zero-order chi connectivity index (χ0) is 19.2. The van der Waals surface area contributed by atoms with Crippen molar-refractivity contribution in [1.82, 2.24) is 4.72 Å². The molecule has 1 atom stereocenters. The highest BCUT2D eigenvalue weighted by Gasteiger charge is 2.22. The van der Waals surface area contributed by atoms with Gasteiger partial charge in [0, 0.05) is 12.5 Å². The second kappa shape index (κ2) is 8.82. The van der Waals surface area contributed by atoms with Gasteiger partial charge in [0.25, 0.3) is 0 Å². The van der Waals surface area contributed by atoms with E-state index in [4.69, 9.17) is 9.84 Å². The van der Waals surface area contributed by atoms with Crippen molar-refractivity contribution in [2.45, 2.75) is 37.1 Å². The first-order chi connectivity index (χ1) is 12.3. The summed E-state index contributed by atoms with van der Waals surface area (Å²) in [6.07, 6.45) is 0.517. The second-order valence-corrected chi connectivity index (χ2v) is 7.79. The molecule has 6 nitrogen and oxygen atoms in total. The van der Waals surface area contributed by atoms with Gasteiger partial charge in [0.15, 0.2) is 0 Å². The van der Waals surface area contributed by atoms with Gasteiger partial charge in [0.1, 0.15) is 5.75 Å². The van der Waals surface area contributed by atoms with Crippen LogP contribution >= 0.6 is 0 Å². The molecule has 7 heteroatoms. The molecule has 0 saturated carbocycles. The first-order valence-electron chi connectivity index (χ1n) is 8.24. The predicted molar refractivity (Wildman–Crippen MR) is 98.9 cm³/mol. The van der Waals surface area contributed by atoms with Crippen molar-refractivity contribution in [3.8, 4) is 5.75 Å². The van der Waals surface area contributed by atoms with Gasteiger partial charge >= 0.3 is 5.97 Å². The number of carbonyl (C=O) groups is 1. The molecule has 0 aromatic heterocycles. The molecule has 0 radical (unpaired) electrons. The molecule has 0 aliphatic carbocycles. The molecule has 2 rings (SSSR count). The minimum absolute atomic E-state index is 0.109. The maximum Gasteiger partial charge on any atom is 0.303 e. The average Bonchev–Trinajstić information content (AvgIpc) is 2.60. The maximum absolute atomic E-state index is 12.7. The molecule has 2 aromatic rings. The number of methoxy groups -OCH3 is 1. The number of sulfonamides is 1. The van der Waals surface area contributed by atoms with Crippen molar-refractivity contribution in [3.05, 3.63) is 59.7 Å². The molecule has 2 aromatic carbocycles. The summed E-state index contributed by atoms with van der Waals surface area (Å²) < 4.78 is 33.3. The van der Waals surface area contributed by atoms with E-state index in [-0.39, 0.29) is 17.7 Å². The van der Waals surface area contributed by atoms with E-state index in [0.29, 0.717) is 17.7 Å². The fraction of sp³-hybridized carbons (Fsp3) is 0.316.